The Morgan fingerprint density at radius 2 is 1.82 bits per heavy atom. The molecule has 1 amide bonds. The van der Waals surface area contributed by atoms with Gasteiger partial charge in [0, 0.05) is 13.1 Å². The van der Waals surface area contributed by atoms with Crippen LogP contribution in [0.1, 0.15) is 12.8 Å². The summed E-state index contributed by atoms with van der Waals surface area (Å²) in [7, 11) is -5.88. The molecule has 1 saturated heterocycles. The minimum atomic E-state index is -5.88. The van der Waals surface area contributed by atoms with Gasteiger partial charge in [0.25, 0.3) is 9.84 Å². The van der Waals surface area contributed by atoms with Gasteiger partial charge in [0.1, 0.15) is 17.3 Å². The largest absolute Gasteiger partial charge is 0.501 e. The molecule has 1 unspecified atom stereocenters. The van der Waals surface area contributed by atoms with Gasteiger partial charge < -0.3 is 10.2 Å². The summed E-state index contributed by atoms with van der Waals surface area (Å²) >= 11 is 0. The van der Waals surface area contributed by atoms with Crippen molar-refractivity contribution in [3.63, 3.8) is 0 Å². The van der Waals surface area contributed by atoms with Crippen LogP contribution in [0.5, 0.6) is 0 Å². The maximum Gasteiger partial charge on any atom is 0.501 e. The molecule has 0 spiro atoms. The molecule has 1 aromatic rings. The SMILES string of the molecule is O=C(NCC(F)(F)F)C1CCCN(c2ccc(F)cc2S(=O)(=O)C(F)(F)F)C1. The highest BCUT2D eigenvalue weighted by Gasteiger charge is 2.48. The number of nitrogens with one attached hydrogen (secondary N) is 1. The van der Waals surface area contributed by atoms with E-state index in [9.17, 15) is 43.9 Å². The number of hydrogen-bond donors (Lipinski definition) is 1. The number of carbonyl (C=O) groups excluding carboxylic acids is 1. The minimum Gasteiger partial charge on any atom is -0.370 e. The molecule has 2 rings (SSSR count). The smallest absolute Gasteiger partial charge is 0.370 e. The zero-order valence-corrected chi connectivity index (χ0v) is 14.9. The summed E-state index contributed by atoms with van der Waals surface area (Å²) in [6.07, 6.45) is -4.25. The second-order valence-electron chi connectivity index (χ2n) is 6.18. The molecular weight excluding hydrogens is 421 g/mol. The van der Waals surface area contributed by atoms with Crippen LogP contribution in [0.25, 0.3) is 0 Å². The topological polar surface area (TPSA) is 66.5 Å². The molecule has 158 valence electrons. The molecule has 0 aliphatic carbocycles. The van der Waals surface area contributed by atoms with Crippen molar-refractivity contribution >= 4 is 21.4 Å². The number of piperidine rings is 1. The number of alkyl halides is 6. The molecule has 0 bridgehead atoms. The molecule has 1 atom stereocenters. The van der Waals surface area contributed by atoms with Crippen LogP contribution in [0.2, 0.25) is 0 Å². The highest BCUT2D eigenvalue weighted by Crippen LogP contribution is 2.37. The minimum absolute atomic E-state index is 0.0507. The number of halogens is 7. The second kappa shape index (κ2) is 7.76. The Balaban J connectivity index is 2.29. The fraction of sp³-hybridized carbons (Fsp3) is 0.533. The van der Waals surface area contributed by atoms with Gasteiger partial charge in [-0.25, -0.2) is 12.8 Å². The van der Waals surface area contributed by atoms with Crippen LogP contribution in [0.4, 0.5) is 36.4 Å². The lowest BCUT2D eigenvalue weighted by atomic mass is 9.96. The zero-order valence-electron chi connectivity index (χ0n) is 14.1. The van der Waals surface area contributed by atoms with E-state index in [1.165, 1.54) is 0 Å². The standard InChI is InChI=1S/C15H15F7N2O3S/c16-10-3-4-11(12(6-10)28(26,27)15(20,21)22)24-5-1-2-9(7-24)13(25)23-8-14(17,18)19/h3-4,6,9H,1-2,5,7-8H2,(H,23,25). The molecule has 13 heteroatoms. The average Bonchev–Trinajstić information content (AvgIpc) is 2.58. The Morgan fingerprint density at radius 3 is 2.39 bits per heavy atom. The van der Waals surface area contributed by atoms with E-state index in [4.69, 9.17) is 0 Å². The second-order valence-corrected chi connectivity index (χ2v) is 8.09. The predicted molar refractivity (Wildman–Crippen MR) is 83.6 cm³/mol. The van der Waals surface area contributed by atoms with Gasteiger partial charge in [-0.1, -0.05) is 0 Å². The maximum absolute atomic E-state index is 13.4. The molecule has 5 nitrogen and oxygen atoms in total. The van der Waals surface area contributed by atoms with Crippen LogP contribution in [0.3, 0.4) is 0 Å². The van der Waals surface area contributed by atoms with Crippen molar-refractivity contribution in [2.45, 2.75) is 29.4 Å². The van der Waals surface area contributed by atoms with Crippen molar-refractivity contribution in [2.75, 3.05) is 24.5 Å². The monoisotopic (exact) mass is 436 g/mol. The van der Waals surface area contributed by atoms with Crippen molar-refractivity contribution in [1.82, 2.24) is 5.32 Å². The van der Waals surface area contributed by atoms with E-state index in [0.717, 1.165) is 17.0 Å². The van der Waals surface area contributed by atoms with E-state index in [1.54, 1.807) is 5.32 Å². The van der Waals surface area contributed by atoms with Gasteiger partial charge in [0.15, 0.2) is 0 Å². The van der Waals surface area contributed by atoms with Gasteiger partial charge in [-0.05, 0) is 31.0 Å². The molecule has 1 aliphatic rings. The Bertz CT molecular complexity index is 837. The third kappa shape index (κ3) is 5.06. The molecule has 0 saturated carbocycles. The first-order valence-electron chi connectivity index (χ1n) is 7.92. The van der Waals surface area contributed by atoms with Gasteiger partial charge in [-0.15, -0.1) is 0 Å². The van der Waals surface area contributed by atoms with Crippen molar-refractivity contribution in [2.24, 2.45) is 5.92 Å². The van der Waals surface area contributed by atoms with Crippen molar-refractivity contribution in [3.8, 4) is 0 Å². The number of carbonyl (C=O) groups is 1. The number of sulfone groups is 1. The van der Waals surface area contributed by atoms with Crippen LogP contribution >= 0.6 is 0 Å². The van der Waals surface area contributed by atoms with Gasteiger partial charge in [0.2, 0.25) is 5.91 Å². The fourth-order valence-electron chi connectivity index (χ4n) is 2.83. The molecule has 28 heavy (non-hydrogen) atoms. The van der Waals surface area contributed by atoms with E-state index in [1.807, 2.05) is 0 Å². The average molecular weight is 436 g/mol. The Kier molecular flexibility index (Phi) is 6.16. The van der Waals surface area contributed by atoms with Crippen molar-refractivity contribution in [1.29, 1.82) is 0 Å². The molecule has 0 aromatic heterocycles. The Hall–Kier alpha value is -2.05. The molecule has 1 N–H and O–H groups in total. The molecule has 1 fully saturated rings. The lowest BCUT2D eigenvalue weighted by molar-refractivity contribution is -0.140. The van der Waals surface area contributed by atoms with Crippen LogP contribution in [0, 0.1) is 11.7 Å². The highest BCUT2D eigenvalue weighted by molar-refractivity contribution is 7.92. The Morgan fingerprint density at radius 1 is 1.18 bits per heavy atom. The number of benzene rings is 1. The van der Waals surface area contributed by atoms with Crippen molar-refractivity contribution in [3.05, 3.63) is 24.0 Å². The predicted octanol–water partition coefficient (Wildman–Crippen LogP) is 3.01. The van der Waals surface area contributed by atoms with E-state index < -0.39 is 56.3 Å². The number of hydrogen-bond acceptors (Lipinski definition) is 4. The lowest BCUT2D eigenvalue weighted by Crippen LogP contribution is -2.45. The lowest BCUT2D eigenvalue weighted by Gasteiger charge is -2.34. The first-order valence-corrected chi connectivity index (χ1v) is 9.41. The number of anilines is 1. The van der Waals surface area contributed by atoms with E-state index in [0.29, 0.717) is 0 Å². The number of amides is 1. The molecule has 1 heterocycles. The maximum atomic E-state index is 13.4. The highest BCUT2D eigenvalue weighted by atomic mass is 32.2. The fourth-order valence-corrected chi connectivity index (χ4v) is 3.82. The molecule has 1 aromatic carbocycles. The summed E-state index contributed by atoms with van der Waals surface area (Å²) < 4.78 is 112. The van der Waals surface area contributed by atoms with Gasteiger partial charge in [0.05, 0.1) is 11.6 Å². The first-order chi connectivity index (χ1) is 12.7. The van der Waals surface area contributed by atoms with Crippen LogP contribution in [0.15, 0.2) is 23.1 Å². The van der Waals surface area contributed by atoms with E-state index in [2.05, 4.69) is 0 Å². The third-order valence-electron chi connectivity index (χ3n) is 4.11. The van der Waals surface area contributed by atoms with E-state index in [-0.39, 0.29) is 32.0 Å². The Labute approximate surface area is 155 Å². The number of rotatable bonds is 4. The van der Waals surface area contributed by atoms with Crippen molar-refractivity contribution < 1.29 is 43.9 Å². The van der Waals surface area contributed by atoms with Crippen LogP contribution in [-0.2, 0) is 14.6 Å². The molecule has 1 aliphatic heterocycles. The van der Waals surface area contributed by atoms with Gasteiger partial charge in [-0.3, -0.25) is 4.79 Å². The normalized spacial score (nSPS) is 18.8. The third-order valence-corrected chi connectivity index (χ3v) is 5.63. The zero-order chi connectivity index (χ0) is 21.3. The summed E-state index contributed by atoms with van der Waals surface area (Å²) in [5.74, 6) is -3.16. The summed E-state index contributed by atoms with van der Waals surface area (Å²) in [4.78, 5) is 11.7. The summed E-state index contributed by atoms with van der Waals surface area (Å²) in [6, 6.07) is 1.83. The van der Waals surface area contributed by atoms with Gasteiger partial charge >= 0.3 is 11.7 Å². The first kappa shape index (κ1) is 22.2. The molecular formula is C15H15F7N2O3S. The summed E-state index contributed by atoms with van der Waals surface area (Å²) in [5, 5.41) is 1.69. The quantitative estimate of drug-likeness (QED) is 0.738. The van der Waals surface area contributed by atoms with Crippen LogP contribution < -0.4 is 10.2 Å². The summed E-state index contributed by atoms with van der Waals surface area (Å²) in [6.45, 7) is -1.82. The summed E-state index contributed by atoms with van der Waals surface area (Å²) in [5.41, 5.74) is -6.14. The molecule has 0 radical (unpaired) electrons. The number of nitrogens with zero attached hydrogens (tertiary/aromatic N) is 1. The van der Waals surface area contributed by atoms with E-state index >= 15 is 0 Å². The van der Waals surface area contributed by atoms with Crippen LogP contribution in [-0.4, -0.2) is 45.6 Å². The van der Waals surface area contributed by atoms with Gasteiger partial charge in [-0.2, -0.15) is 26.3 Å².